The van der Waals surface area contributed by atoms with Crippen molar-refractivity contribution < 1.29 is 9.53 Å². The van der Waals surface area contributed by atoms with E-state index in [1.807, 2.05) is 0 Å². The third-order valence-corrected chi connectivity index (χ3v) is 2.23. The van der Waals surface area contributed by atoms with E-state index >= 15 is 0 Å². The molecule has 0 aromatic rings. The number of hydrogen-bond acceptors (Lipinski definition) is 2. The van der Waals surface area contributed by atoms with Gasteiger partial charge in [-0.1, -0.05) is 52.0 Å². The van der Waals surface area contributed by atoms with Gasteiger partial charge in [-0.3, -0.25) is 0 Å². The van der Waals surface area contributed by atoms with Crippen LogP contribution in [0, 0.1) is 6.92 Å². The first kappa shape index (κ1) is 14.2. The maximum absolute atomic E-state index is 11.0. The summed E-state index contributed by atoms with van der Waals surface area (Å²) in [6.45, 7) is 9.52. The fourth-order valence-corrected chi connectivity index (χ4v) is 1.27. The largest absolute Gasteiger partial charge is 0.462 e. The SMILES string of the molecule is [CH2]CCCCCCCCOC(=O)C(=C)C. The Morgan fingerprint density at radius 1 is 1.07 bits per heavy atom. The minimum absolute atomic E-state index is 0.271. The molecule has 0 saturated carbocycles. The van der Waals surface area contributed by atoms with Crippen molar-refractivity contribution >= 4 is 5.97 Å². The van der Waals surface area contributed by atoms with Crippen LogP contribution < -0.4 is 0 Å². The molecule has 0 aliphatic heterocycles. The molecule has 0 amide bonds. The molecule has 0 N–H and O–H groups in total. The molecule has 0 rings (SSSR count). The summed E-state index contributed by atoms with van der Waals surface area (Å²) in [7, 11) is 0. The maximum atomic E-state index is 11.0. The van der Waals surface area contributed by atoms with Crippen LogP contribution in [-0.4, -0.2) is 12.6 Å². The van der Waals surface area contributed by atoms with E-state index in [0.29, 0.717) is 12.2 Å². The molecular formula is C13H23O2. The van der Waals surface area contributed by atoms with E-state index in [4.69, 9.17) is 4.74 Å². The normalized spacial score (nSPS) is 10.0. The first-order valence-electron chi connectivity index (χ1n) is 5.80. The second-order valence-corrected chi connectivity index (χ2v) is 3.89. The Labute approximate surface area is 93.7 Å². The lowest BCUT2D eigenvalue weighted by Crippen LogP contribution is -2.05. The van der Waals surface area contributed by atoms with Crippen LogP contribution >= 0.6 is 0 Å². The Kier molecular flexibility index (Phi) is 9.24. The van der Waals surface area contributed by atoms with E-state index in [1.54, 1.807) is 6.92 Å². The summed E-state index contributed by atoms with van der Waals surface area (Å²) in [5.41, 5.74) is 0.477. The summed E-state index contributed by atoms with van der Waals surface area (Å²) in [5.74, 6) is -0.271. The zero-order valence-corrected chi connectivity index (χ0v) is 9.89. The topological polar surface area (TPSA) is 26.3 Å². The minimum atomic E-state index is -0.271. The van der Waals surface area contributed by atoms with Gasteiger partial charge in [-0.2, -0.15) is 0 Å². The molecule has 0 aromatic carbocycles. The second-order valence-electron chi connectivity index (χ2n) is 3.89. The van der Waals surface area contributed by atoms with Crippen LogP contribution in [0.25, 0.3) is 0 Å². The zero-order valence-electron chi connectivity index (χ0n) is 9.89. The molecule has 1 radical (unpaired) electrons. The molecule has 87 valence electrons. The number of unbranched alkanes of at least 4 members (excludes halogenated alkanes) is 6. The van der Waals surface area contributed by atoms with Crippen molar-refractivity contribution in [1.29, 1.82) is 0 Å². The Morgan fingerprint density at radius 2 is 1.60 bits per heavy atom. The number of carbonyl (C=O) groups is 1. The molecule has 2 heteroatoms. The van der Waals surface area contributed by atoms with E-state index in [9.17, 15) is 4.79 Å². The summed E-state index contributed by atoms with van der Waals surface area (Å²) >= 11 is 0. The van der Waals surface area contributed by atoms with E-state index < -0.39 is 0 Å². The Morgan fingerprint density at radius 3 is 2.13 bits per heavy atom. The fourth-order valence-electron chi connectivity index (χ4n) is 1.27. The van der Waals surface area contributed by atoms with Crippen LogP contribution in [0.1, 0.15) is 51.9 Å². The van der Waals surface area contributed by atoms with E-state index in [-0.39, 0.29) is 5.97 Å². The number of hydrogen-bond donors (Lipinski definition) is 0. The third-order valence-electron chi connectivity index (χ3n) is 2.23. The van der Waals surface area contributed by atoms with Crippen LogP contribution in [0.3, 0.4) is 0 Å². The minimum Gasteiger partial charge on any atom is -0.462 e. The van der Waals surface area contributed by atoms with Crippen LogP contribution in [0.5, 0.6) is 0 Å². The molecule has 0 bridgehead atoms. The zero-order chi connectivity index (χ0) is 11.5. The molecule has 0 fully saturated rings. The monoisotopic (exact) mass is 211 g/mol. The number of esters is 1. The third kappa shape index (κ3) is 9.51. The number of carbonyl (C=O) groups excluding carboxylic acids is 1. The van der Waals surface area contributed by atoms with Crippen molar-refractivity contribution in [3.63, 3.8) is 0 Å². The summed E-state index contributed by atoms with van der Waals surface area (Å²) < 4.78 is 4.98. The number of rotatable bonds is 9. The lowest BCUT2D eigenvalue weighted by Gasteiger charge is -2.04. The van der Waals surface area contributed by atoms with Gasteiger partial charge in [0.1, 0.15) is 0 Å². The van der Waals surface area contributed by atoms with Crippen molar-refractivity contribution in [2.24, 2.45) is 0 Å². The molecule has 0 aliphatic carbocycles. The van der Waals surface area contributed by atoms with Crippen molar-refractivity contribution in [1.82, 2.24) is 0 Å². The van der Waals surface area contributed by atoms with E-state index in [0.717, 1.165) is 19.3 Å². The highest BCUT2D eigenvalue weighted by Gasteiger charge is 2.01. The molecule has 15 heavy (non-hydrogen) atoms. The predicted octanol–water partition coefficient (Wildman–Crippen LogP) is 3.67. The molecule has 0 aliphatic rings. The van der Waals surface area contributed by atoms with Crippen molar-refractivity contribution in [2.45, 2.75) is 51.9 Å². The predicted molar refractivity (Wildman–Crippen MR) is 63.4 cm³/mol. The summed E-state index contributed by atoms with van der Waals surface area (Å²) in [6.07, 6.45) is 8.13. The molecule has 0 aromatic heterocycles. The lowest BCUT2D eigenvalue weighted by molar-refractivity contribution is -0.139. The summed E-state index contributed by atoms with van der Waals surface area (Å²) in [6, 6.07) is 0. The van der Waals surface area contributed by atoms with Gasteiger partial charge in [0.05, 0.1) is 6.61 Å². The van der Waals surface area contributed by atoms with E-state index in [2.05, 4.69) is 13.5 Å². The van der Waals surface area contributed by atoms with Gasteiger partial charge >= 0.3 is 5.97 Å². The highest BCUT2D eigenvalue weighted by molar-refractivity contribution is 5.86. The highest BCUT2D eigenvalue weighted by Crippen LogP contribution is 2.07. The van der Waals surface area contributed by atoms with Crippen molar-refractivity contribution in [3.8, 4) is 0 Å². The Bertz CT molecular complexity index is 185. The van der Waals surface area contributed by atoms with Crippen LogP contribution in [0.2, 0.25) is 0 Å². The standard InChI is InChI=1S/C13H23O2/c1-4-5-6-7-8-9-10-11-15-13(14)12(2)3/h1-2,4-11H2,3H3. The first-order valence-corrected chi connectivity index (χ1v) is 5.80. The summed E-state index contributed by atoms with van der Waals surface area (Å²) in [5, 5.41) is 0. The fraction of sp³-hybridized carbons (Fsp3) is 0.692. The molecule has 0 unspecified atom stereocenters. The van der Waals surface area contributed by atoms with Gasteiger partial charge in [0.15, 0.2) is 0 Å². The summed E-state index contributed by atoms with van der Waals surface area (Å²) in [4.78, 5) is 11.0. The van der Waals surface area contributed by atoms with Gasteiger partial charge in [0.25, 0.3) is 0 Å². The van der Waals surface area contributed by atoms with Gasteiger partial charge in [0, 0.05) is 5.57 Å². The van der Waals surface area contributed by atoms with Gasteiger partial charge in [-0.15, -0.1) is 0 Å². The van der Waals surface area contributed by atoms with Crippen molar-refractivity contribution in [2.75, 3.05) is 6.61 Å². The van der Waals surface area contributed by atoms with Crippen LogP contribution in [0.4, 0.5) is 0 Å². The van der Waals surface area contributed by atoms with Gasteiger partial charge in [-0.05, 0) is 13.3 Å². The van der Waals surface area contributed by atoms with Gasteiger partial charge in [-0.25, -0.2) is 4.79 Å². The average molecular weight is 211 g/mol. The Balaban J connectivity index is 3.11. The van der Waals surface area contributed by atoms with Crippen LogP contribution in [-0.2, 0) is 9.53 Å². The second kappa shape index (κ2) is 9.75. The molecule has 0 saturated heterocycles. The average Bonchev–Trinajstić information content (AvgIpc) is 2.21. The smallest absolute Gasteiger partial charge is 0.333 e. The molecule has 0 spiro atoms. The first-order chi connectivity index (χ1) is 7.18. The van der Waals surface area contributed by atoms with Gasteiger partial charge in [0.2, 0.25) is 0 Å². The highest BCUT2D eigenvalue weighted by atomic mass is 16.5. The van der Waals surface area contributed by atoms with E-state index in [1.165, 1.54) is 25.7 Å². The quantitative estimate of drug-likeness (QED) is 0.330. The number of ether oxygens (including phenoxy) is 1. The van der Waals surface area contributed by atoms with Gasteiger partial charge < -0.3 is 4.74 Å². The van der Waals surface area contributed by atoms with Crippen molar-refractivity contribution in [3.05, 3.63) is 19.1 Å². The molecule has 0 heterocycles. The molecular weight excluding hydrogens is 188 g/mol. The lowest BCUT2D eigenvalue weighted by atomic mass is 10.1. The molecule has 2 nitrogen and oxygen atoms in total. The Hall–Kier alpha value is -0.790. The van der Waals surface area contributed by atoms with Crippen LogP contribution in [0.15, 0.2) is 12.2 Å². The molecule has 0 atom stereocenters. The maximum Gasteiger partial charge on any atom is 0.333 e.